The molecule has 0 aliphatic heterocycles. The van der Waals surface area contributed by atoms with E-state index in [4.69, 9.17) is 4.42 Å². The standard InChI is InChI=1S/C6H6Br2O/c7-1-5-3-9-4-6(5)2-8/h3-4H,1-2H2. The molecule has 0 saturated carbocycles. The fourth-order valence-corrected chi connectivity index (χ4v) is 1.57. The predicted molar refractivity (Wildman–Crippen MR) is 44.0 cm³/mol. The zero-order valence-electron chi connectivity index (χ0n) is 4.73. The zero-order valence-corrected chi connectivity index (χ0v) is 7.91. The van der Waals surface area contributed by atoms with E-state index in [0.717, 1.165) is 10.7 Å². The van der Waals surface area contributed by atoms with Gasteiger partial charge in [-0.05, 0) is 0 Å². The lowest BCUT2D eigenvalue weighted by molar-refractivity contribution is 0.563. The number of alkyl halides is 2. The van der Waals surface area contributed by atoms with Gasteiger partial charge in [0.25, 0.3) is 0 Å². The monoisotopic (exact) mass is 252 g/mol. The van der Waals surface area contributed by atoms with Crippen LogP contribution in [0, 0.1) is 0 Å². The molecule has 0 spiro atoms. The highest BCUT2D eigenvalue weighted by atomic mass is 79.9. The van der Waals surface area contributed by atoms with Gasteiger partial charge in [-0.2, -0.15) is 0 Å². The molecule has 0 N–H and O–H groups in total. The summed E-state index contributed by atoms with van der Waals surface area (Å²) >= 11 is 6.69. The summed E-state index contributed by atoms with van der Waals surface area (Å²) in [6.07, 6.45) is 3.51. The third kappa shape index (κ3) is 1.58. The van der Waals surface area contributed by atoms with Crippen molar-refractivity contribution in [3.05, 3.63) is 23.7 Å². The normalized spacial score (nSPS) is 10.0. The van der Waals surface area contributed by atoms with Crippen molar-refractivity contribution in [1.29, 1.82) is 0 Å². The first-order valence-corrected chi connectivity index (χ1v) is 4.78. The van der Waals surface area contributed by atoms with Crippen LogP contribution in [0.25, 0.3) is 0 Å². The van der Waals surface area contributed by atoms with Crippen LogP contribution in [-0.4, -0.2) is 0 Å². The third-order valence-corrected chi connectivity index (χ3v) is 2.33. The summed E-state index contributed by atoms with van der Waals surface area (Å²) in [6, 6.07) is 0. The summed E-state index contributed by atoms with van der Waals surface area (Å²) in [5.74, 6) is 0. The van der Waals surface area contributed by atoms with Gasteiger partial charge in [-0.3, -0.25) is 0 Å². The highest BCUT2D eigenvalue weighted by Gasteiger charge is 2.00. The first-order chi connectivity index (χ1) is 4.38. The van der Waals surface area contributed by atoms with Crippen LogP contribution in [0.3, 0.4) is 0 Å². The van der Waals surface area contributed by atoms with Crippen molar-refractivity contribution in [3.63, 3.8) is 0 Å². The lowest BCUT2D eigenvalue weighted by Gasteiger charge is -1.88. The minimum Gasteiger partial charge on any atom is -0.472 e. The Balaban J connectivity index is 2.85. The highest BCUT2D eigenvalue weighted by Crippen LogP contribution is 2.16. The SMILES string of the molecule is BrCc1cocc1CBr. The van der Waals surface area contributed by atoms with Crippen molar-refractivity contribution < 1.29 is 4.42 Å². The number of rotatable bonds is 2. The molecule has 0 aliphatic rings. The molecule has 0 fully saturated rings. The van der Waals surface area contributed by atoms with Crippen molar-refractivity contribution in [2.75, 3.05) is 0 Å². The van der Waals surface area contributed by atoms with Crippen LogP contribution in [0.5, 0.6) is 0 Å². The smallest absolute Gasteiger partial charge is 0.0946 e. The Kier molecular flexibility index (Phi) is 2.79. The second-order valence-corrected chi connectivity index (χ2v) is 2.81. The van der Waals surface area contributed by atoms with E-state index in [1.807, 2.05) is 0 Å². The summed E-state index contributed by atoms with van der Waals surface area (Å²) in [7, 11) is 0. The van der Waals surface area contributed by atoms with Crippen molar-refractivity contribution in [3.8, 4) is 0 Å². The van der Waals surface area contributed by atoms with Crippen molar-refractivity contribution in [2.45, 2.75) is 10.7 Å². The third-order valence-electron chi connectivity index (χ3n) is 1.12. The zero-order chi connectivity index (χ0) is 6.69. The first kappa shape index (κ1) is 7.35. The molecule has 0 unspecified atom stereocenters. The van der Waals surface area contributed by atoms with E-state index in [0.29, 0.717) is 0 Å². The largest absolute Gasteiger partial charge is 0.472 e. The Hall–Kier alpha value is 0.240. The van der Waals surface area contributed by atoms with Gasteiger partial charge in [-0.1, -0.05) is 31.9 Å². The van der Waals surface area contributed by atoms with Gasteiger partial charge in [0.1, 0.15) is 0 Å². The van der Waals surface area contributed by atoms with Gasteiger partial charge < -0.3 is 4.42 Å². The van der Waals surface area contributed by atoms with Crippen LogP contribution < -0.4 is 0 Å². The molecule has 0 amide bonds. The van der Waals surface area contributed by atoms with E-state index in [1.54, 1.807) is 12.5 Å². The summed E-state index contributed by atoms with van der Waals surface area (Å²) in [6.45, 7) is 0. The summed E-state index contributed by atoms with van der Waals surface area (Å²) in [5, 5.41) is 1.73. The van der Waals surface area contributed by atoms with Gasteiger partial charge >= 0.3 is 0 Å². The molecule has 1 aromatic rings. The fourth-order valence-electron chi connectivity index (χ4n) is 0.584. The molecule has 1 aromatic heterocycles. The van der Waals surface area contributed by atoms with Crippen LogP contribution in [0.4, 0.5) is 0 Å². The summed E-state index contributed by atoms with van der Waals surface area (Å²) in [5.41, 5.74) is 2.43. The molecule has 3 heteroatoms. The Morgan fingerprint density at radius 3 is 1.89 bits per heavy atom. The number of furan rings is 1. The van der Waals surface area contributed by atoms with E-state index in [-0.39, 0.29) is 0 Å². The fraction of sp³-hybridized carbons (Fsp3) is 0.333. The Bertz CT molecular complexity index is 164. The van der Waals surface area contributed by atoms with Gasteiger partial charge in [-0.25, -0.2) is 0 Å². The molecule has 0 bridgehead atoms. The molecular formula is C6H6Br2O. The van der Waals surface area contributed by atoms with Gasteiger partial charge in [0.15, 0.2) is 0 Å². The topological polar surface area (TPSA) is 13.1 Å². The Labute approximate surface area is 70.7 Å². The molecule has 0 atom stereocenters. The van der Waals surface area contributed by atoms with Gasteiger partial charge in [0.05, 0.1) is 12.5 Å². The average molecular weight is 254 g/mol. The maximum Gasteiger partial charge on any atom is 0.0946 e. The molecule has 0 radical (unpaired) electrons. The van der Waals surface area contributed by atoms with Crippen molar-refractivity contribution in [2.24, 2.45) is 0 Å². The van der Waals surface area contributed by atoms with E-state index in [9.17, 15) is 0 Å². The van der Waals surface area contributed by atoms with Crippen LogP contribution in [0.15, 0.2) is 16.9 Å². The Morgan fingerprint density at radius 2 is 1.56 bits per heavy atom. The maximum atomic E-state index is 4.97. The lowest BCUT2D eigenvalue weighted by Crippen LogP contribution is -1.77. The molecule has 50 valence electrons. The van der Waals surface area contributed by atoms with Crippen molar-refractivity contribution >= 4 is 31.9 Å². The molecule has 9 heavy (non-hydrogen) atoms. The van der Waals surface area contributed by atoms with Crippen molar-refractivity contribution in [1.82, 2.24) is 0 Å². The van der Waals surface area contributed by atoms with Crippen LogP contribution in [0.1, 0.15) is 11.1 Å². The quantitative estimate of drug-likeness (QED) is 0.739. The molecular weight excluding hydrogens is 248 g/mol. The van der Waals surface area contributed by atoms with Crippen LogP contribution in [0.2, 0.25) is 0 Å². The number of hydrogen-bond acceptors (Lipinski definition) is 1. The van der Waals surface area contributed by atoms with E-state index in [2.05, 4.69) is 31.9 Å². The van der Waals surface area contributed by atoms with Crippen LogP contribution in [-0.2, 0) is 10.7 Å². The second kappa shape index (κ2) is 3.42. The molecule has 0 aromatic carbocycles. The van der Waals surface area contributed by atoms with E-state index in [1.165, 1.54) is 11.1 Å². The molecule has 1 nitrogen and oxygen atoms in total. The number of halogens is 2. The van der Waals surface area contributed by atoms with Gasteiger partial charge in [0.2, 0.25) is 0 Å². The molecule has 0 saturated heterocycles. The average Bonchev–Trinajstić information content (AvgIpc) is 2.33. The summed E-state index contributed by atoms with van der Waals surface area (Å²) in [4.78, 5) is 0. The van der Waals surface area contributed by atoms with Gasteiger partial charge in [0, 0.05) is 21.8 Å². The molecule has 1 heterocycles. The molecule has 1 rings (SSSR count). The minimum absolute atomic E-state index is 0.866. The van der Waals surface area contributed by atoms with Crippen LogP contribution >= 0.6 is 31.9 Å². The summed E-state index contributed by atoms with van der Waals surface area (Å²) < 4.78 is 4.97. The minimum atomic E-state index is 0.866. The van der Waals surface area contributed by atoms with E-state index >= 15 is 0 Å². The number of hydrogen-bond donors (Lipinski definition) is 0. The predicted octanol–water partition coefficient (Wildman–Crippen LogP) is 3.07. The van der Waals surface area contributed by atoms with E-state index < -0.39 is 0 Å². The van der Waals surface area contributed by atoms with Gasteiger partial charge in [-0.15, -0.1) is 0 Å². The first-order valence-electron chi connectivity index (χ1n) is 2.54. The second-order valence-electron chi connectivity index (χ2n) is 1.69. The maximum absolute atomic E-state index is 4.97. The highest BCUT2D eigenvalue weighted by molar-refractivity contribution is 9.09. The molecule has 0 aliphatic carbocycles. The Morgan fingerprint density at radius 1 is 1.11 bits per heavy atom. The lowest BCUT2D eigenvalue weighted by atomic mass is 10.2.